The Morgan fingerprint density at radius 1 is 0.842 bits per heavy atom. The van der Waals surface area contributed by atoms with Gasteiger partial charge < -0.3 is 0 Å². The van der Waals surface area contributed by atoms with Gasteiger partial charge in [-0.2, -0.15) is 0 Å². The molecule has 3 rings (SSSR count). The molecule has 2 aromatic rings. The molecule has 0 aliphatic heterocycles. The van der Waals surface area contributed by atoms with Gasteiger partial charge in [-0.15, -0.1) is 0 Å². The van der Waals surface area contributed by atoms with E-state index in [1.54, 1.807) is 0 Å². The summed E-state index contributed by atoms with van der Waals surface area (Å²) < 4.78 is 0. The summed E-state index contributed by atoms with van der Waals surface area (Å²) in [6.45, 7) is 9.33. The summed E-state index contributed by atoms with van der Waals surface area (Å²) in [5.41, 5.74) is 6.24. The van der Waals surface area contributed by atoms with E-state index in [0.717, 1.165) is 0 Å². The Balaban J connectivity index is 2.24. The minimum absolute atomic E-state index is 0.145. The first kappa shape index (κ1) is 12.5. The third-order valence-electron chi connectivity index (χ3n) is 4.71. The molecular weight excluding hydrogens is 228 g/mol. The van der Waals surface area contributed by atoms with E-state index in [2.05, 4.69) is 76.2 Å². The Labute approximate surface area is 116 Å². The fourth-order valence-electron chi connectivity index (χ4n) is 3.84. The predicted octanol–water partition coefficient (Wildman–Crippen LogP) is 4.98. The maximum atomic E-state index is 2.40. The normalized spacial score (nSPS) is 24.2. The Hall–Kier alpha value is -1.56. The van der Waals surface area contributed by atoms with Crippen LogP contribution < -0.4 is 0 Å². The number of rotatable bonds is 1. The molecular formula is C19H22. The van der Waals surface area contributed by atoms with Crippen molar-refractivity contribution < 1.29 is 0 Å². The maximum Gasteiger partial charge on any atom is 0.0186 e. The monoisotopic (exact) mass is 250 g/mol. The SMILES string of the molecule is Cc1ccc2c(c1)C(C)(c1ccccc1)CC2(C)C. The minimum atomic E-state index is 0.145. The lowest BCUT2D eigenvalue weighted by Crippen LogP contribution is -2.23. The molecule has 0 radical (unpaired) electrons. The van der Waals surface area contributed by atoms with E-state index in [9.17, 15) is 0 Å². The van der Waals surface area contributed by atoms with Crippen molar-refractivity contribution >= 4 is 0 Å². The standard InChI is InChI=1S/C19H22/c1-14-10-11-16-17(12-14)19(4,13-18(16,2)3)15-8-6-5-7-9-15/h5-12H,13H2,1-4H3. The van der Waals surface area contributed by atoms with Crippen LogP contribution in [-0.4, -0.2) is 0 Å². The molecule has 0 bridgehead atoms. The quantitative estimate of drug-likeness (QED) is 0.669. The Bertz CT molecular complexity index is 607. The van der Waals surface area contributed by atoms with Gasteiger partial charge in [0.15, 0.2) is 0 Å². The minimum Gasteiger partial charge on any atom is -0.0622 e. The summed E-state index contributed by atoms with van der Waals surface area (Å²) in [5, 5.41) is 0. The molecule has 98 valence electrons. The van der Waals surface area contributed by atoms with Crippen LogP contribution in [0.5, 0.6) is 0 Å². The van der Waals surface area contributed by atoms with E-state index < -0.39 is 0 Å². The Morgan fingerprint density at radius 3 is 2.21 bits per heavy atom. The molecule has 0 amide bonds. The van der Waals surface area contributed by atoms with E-state index in [1.165, 1.54) is 28.7 Å². The van der Waals surface area contributed by atoms with Crippen LogP contribution in [0.1, 0.15) is 49.4 Å². The first-order chi connectivity index (χ1) is 8.93. The molecule has 2 aromatic carbocycles. The summed E-state index contributed by atoms with van der Waals surface area (Å²) in [7, 11) is 0. The zero-order chi connectivity index (χ0) is 13.7. The largest absolute Gasteiger partial charge is 0.0622 e. The second-order valence-corrected chi connectivity index (χ2v) is 6.81. The lowest BCUT2D eigenvalue weighted by Gasteiger charge is -2.28. The fraction of sp³-hybridized carbons (Fsp3) is 0.368. The van der Waals surface area contributed by atoms with Crippen molar-refractivity contribution in [1.82, 2.24) is 0 Å². The fourth-order valence-corrected chi connectivity index (χ4v) is 3.84. The van der Waals surface area contributed by atoms with Gasteiger partial charge in [-0.25, -0.2) is 0 Å². The van der Waals surface area contributed by atoms with E-state index in [1.807, 2.05) is 0 Å². The highest BCUT2D eigenvalue weighted by Crippen LogP contribution is 2.52. The number of hydrogen-bond donors (Lipinski definition) is 0. The van der Waals surface area contributed by atoms with Crippen molar-refractivity contribution in [2.75, 3.05) is 0 Å². The van der Waals surface area contributed by atoms with Crippen molar-refractivity contribution in [2.45, 2.75) is 44.9 Å². The molecule has 0 spiro atoms. The van der Waals surface area contributed by atoms with E-state index in [4.69, 9.17) is 0 Å². The van der Waals surface area contributed by atoms with Gasteiger partial charge in [-0.1, -0.05) is 74.9 Å². The first-order valence-corrected chi connectivity index (χ1v) is 7.11. The molecule has 0 fully saturated rings. The molecule has 1 unspecified atom stereocenters. The molecule has 0 N–H and O–H groups in total. The molecule has 1 aliphatic rings. The molecule has 0 saturated carbocycles. The van der Waals surface area contributed by atoms with Crippen molar-refractivity contribution in [3.05, 3.63) is 70.8 Å². The van der Waals surface area contributed by atoms with Crippen LogP contribution in [0, 0.1) is 6.92 Å². The van der Waals surface area contributed by atoms with Crippen molar-refractivity contribution in [1.29, 1.82) is 0 Å². The second-order valence-electron chi connectivity index (χ2n) is 6.81. The lowest BCUT2D eigenvalue weighted by molar-refractivity contribution is 0.425. The topological polar surface area (TPSA) is 0 Å². The smallest absolute Gasteiger partial charge is 0.0186 e. The van der Waals surface area contributed by atoms with Gasteiger partial charge in [-0.3, -0.25) is 0 Å². The van der Waals surface area contributed by atoms with Crippen LogP contribution in [0.25, 0.3) is 0 Å². The molecule has 19 heavy (non-hydrogen) atoms. The highest BCUT2D eigenvalue weighted by atomic mass is 14.5. The Kier molecular flexibility index (Phi) is 2.60. The predicted molar refractivity (Wildman–Crippen MR) is 81.7 cm³/mol. The van der Waals surface area contributed by atoms with Gasteiger partial charge in [0.05, 0.1) is 0 Å². The van der Waals surface area contributed by atoms with Crippen molar-refractivity contribution in [3.8, 4) is 0 Å². The van der Waals surface area contributed by atoms with Crippen LogP contribution in [-0.2, 0) is 10.8 Å². The van der Waals surface area contributed by atoms with Crippen LogP contribution in [0.2, 0.25) is 0 Å². The van der Waals surface area contributed by atoms with Crippen LogP contribution >= 0.6 is 0 Å². The zero-order valence-corrected chi connectivity index (χ0v) is 12.3. The summed E-state index contributed by atoms with van der Waals surface area (Å²) in [6, 6.07) is 17.9. The van der Waals surface area contributed by atoms with Gasteiger partial charge in [0.1, 0.15) is 0 Å². The summed E-state index contributed by atoms with van der Waals surface area (Å²) in [5.74, 6) is 0. The molecule has 0 aromatic heterocycles. The molecule has 1 atom stereocenters. The summed E-state index contributed by atoms with van der Waals surface area (Å²) >= 11 is 0. The van der Waals surface area contributed by atoms with E-state index in [0.29, 0.717) is 0 Å². The number of aryl methyl sites for hydroxylation is 1. The molecule has 0 nitrogen and oxygen atoms in total. The zero-order valence-electron chi connectivity index (χ0n) is 12.3. The first-order valence-electron chi connectivity index (χ1n) is 7.11. The molecule has 1 aliphatic carbocycles. The van der Waals surface area contributed by atoms with Crippen molar-refractivity contribution in [3.63, 3.8) is 0 Å². The summed E-state index contributed by atoms with van der Waals surface area (Å²) in [6.07, 6.45) is 1.18. The lowest BCUT2D eigenvalue weighted by atomic mass is 9.75. The number of fused-ring (bicyclic) bond motifs is 1. The highest BCUT2D eigenvalue weighted by Gasteiger charge is 2.45. The third kappa shape index (κ3) is 1.82. The average Bonchev–Trinajstić information content (AvgIpc) is 2.58. The molecule has 0 saturated heterocycles. The summed E-state index contributed by atoms with van der Waals surface area (Å²) in [4.78, 5) is 0. The van der Waals surface area contributed by atoms with Gasteiger partial charge in [0.25, 0.3) is 0 Å². The molecule has 0 heteroatoms. The molecule has 0 heterocycles. The van der Waals surface area contributed by atoms with Crippen molar-refractivity contribution in [2.24, 2.45) is 0 Å². The second kappa shape index (κ2) is 3.96. The Morgan fingerprint density at radius 2 is 1.53 bits per heavy atom. The van der Waals surface area contributed by atoms with Gasteiger partial charge in [0, 0.05) is 5.41 Å². The van der Waals surface area contributed by atoms with Gasteiger partial charge >= 0.3 is 0 Å². The van der Waals surface area contributed by atoms with Gasteiger partial charge in [-0.05, 0) is 35.4 Å². The van der Waals surface area contributed by atoms with Crippen LogP contribution in [0.15, 0.2) is 48.5 Å². The van der Waals surface area contributed by atoms with Crippen LogP contribution in [0.3, 0.4) is 0 Å². The van der Waals surface area contributed by atoms with E-state index in [-0.39, 0.29) is 10.8 Å². The van der Waals surface area contributed by atoms with Crippen LogP contribution in [0.4, 0.5) is 0 Å². The average molecular weight is 250 g/mol. The van der Waals surface area contributed by atoms with Gasteiger partial charge in [0.2, 0.25) is 0 Å². The third-order valence-corrected chi connectivity index (χ3v) is 4.71. The highest BCUT2D eigenvalue weighted by molar-refractivity contribution is 5.52. The van der Waals surface area contributed by atoms with E-state index >= 15 is 0 Å². The maximum absolute atomic E-state index is 2.40. The number of hydrogen-bond acceptors (Lipinski definition) is 0. The number of benzene rings is 2.